The molecule has 0 bridgehead atoms. The van der Waals surface area contributed by atoms with E-state index in [0.29, 0.717) is 12.2 Å². The van der Waals surface area contributed by atoms with Gasteiger partial charge in [0.15, 0.2) is 10.9 Å². The van der Waals surface area contributed by atoms with Gasteiger partial charge in [-0.1, -0.05) is 11.8 Å². The number of amides is 1. The molecule has 1 unspecified atom stereocenters. The van der Waals surface area contributed by atoms with E-state index in [2.05, 4.69) is 10.2 Å². The molecule has 1 aliphatic rings. The van der Waals surface area contributed by atoms with Gasteiger partial charge in [-0.15, -0.1) is 0 Å². The summed E-state index contributed by atoms with van der Waals surface area (Å²) in [5, 5.41) is 24.2. The van der Waals surface area contributed by atoms with Crippen molar-refractivity contribution in [3.63, 3.8) is 0 Å². The number of aromatic nitrogens is 2. The SMILES string of the molecule is CC(=O)SC1CC(=O)N(c2n[nH]c(CC#N)c2C#N)C1. The molecule has 0 aliphatic carbocycles. The van der Waals surface area contributed by atoms with E-state index < -0.39 is 0 Å². The Morgan fingerprint density at radius 3 is 2.95 bits per heavy atom. The van der Waals surface area contributed by atoms with Gasteiger partial charge < -0.3 is 0 Å². The van der Waals surface area contributed by atoms with Crippen LogP contribution in [0.4, 0.5) is 5.82 Å². The Morgan fingerprint density at radius 2 is 2.35 bits per heavy atom. The van der Waals surface area contributed by atoms with Gasteiger partial charge in [0, 0.05) is 25.1 Å². The lowest BCUT2D eigenvalue weighted by Gasteiger charge is -2.13. The zero-order valence-electron chi connectivity index (χ0n) is 10.7. The van der Waals surface area contributed by atoms with Crippen LogP contribution in [-0.4, -0.2) is 33.0 Å². The smallest absolute Gasteiger partial charge is 0.229 e. The van der Waals surface area contributed by atoms with Crippen LogP contribution in [0.5, 0.6) is 0 Å². The molecule has 0 radical (unpaired) electrons. The number of anilines is 1. The summed E-state index contributed by atoms with van der Waals surface area (Å²) < 4.78 is 0. The number of nitrogens with zero attached hydrogens (tertiary/aromatic N) is 4. The molecular weight excluding hydrogens is 278 g/mol. The van der Waals surface area contributed by atoms with Crippen molar-refractivity contribution in [1.82, 2.24) is 10.2 Å². The molecule has 2 rings (SSSR count). The maximum Gasteiger partial charge on any atom is 0.229 e. The normalized spacial score (nSPS) is 17.9. The van der Waals surface area contributed by atoms with Crippen LogP contribution >= 0.6 is 11.8 Å². The van der Waals surface area contributed by atoms with E-state index in [1.807, 2.05) is 12.1 Å². The van der Waals surface area contributed by atoms with E-state index in [1.165, 1.54) is 11.8 Å². The minimum atomic E-state index is -0.171. The number of hydrogen-bond donors (Lipinski definition) is 1. The van der Waals surface area contributed by atoms with Crippen molar-refractivity contribution in [2.45, 2.75) is 25.0 Å². The topological polar surface area (TPSA) is 114 Å². The first-order valence-electron chi connectivity index (χ1n) is 5.88. The first-order valence-corrected chi connectivity index (χ1v) is 6.76. The van der Waals surface area contributed by atoms with E-state index in [9.17, 15) is 9.59 Å². The summed E-state index contributed by atoms with van der Waals surface area (Å²) >= 11 is 1.12. The van der Waals surface area contributed by atoms with Gasteiger partial charge in [-0.05, 0) is 0 Å². The van der Waals surface area contributed by atoms with Gasteiger partial charge in [-0.3, -0.25) is 19.6 Å². The number of hydrogen-bond acceptors (Lipinski definition) is 6. The molecule has 0 aromatic carbocycles. The lowest BCUT2D eigenvalue weighted by Crippen LogP contribution is -2.26. The zero-order chi connectivity index (χ0) is 14.7. The quantitative estimate of drug-likeness (QED) is 0.877. The summed E-state index contributed by atoms with van der Waals surface area (Å²) in [6, 6.07) is 3.90. The van der Waals surface area contributed by atoms with Crippen LogP contribution in [0.1, 0.15) is 24.6 Å². The molecule has 1 atom stereocenters. The molecule has 1 saturated heterocycles. The van der Waals surface area contributed by atoms with Crippen molar-refractivity contribution in [2.24, 2.45) is 0 Å². The minimum Gasteiger partial charge on any atom is -0.293 e. The molecule has 2 heterocycles. The highest BCUT2D eigenvalue weighted by Crippen LogP contribution is 2.30. The third-order valence-corrected chi connectivity index (χ3v) is 3.85. The molecule has 1 aliphatic heterocycles. The van der Waals surface area contributed by atoms with Crippen LogP contribution in [0.25, 0.3) is 0 Å². The van der Waals surface area contributed by atoms with E-state index in [4.69, 9.17) is 10.5 Å². The van der Waals surface area contributed by atoms with E-state index in [0.717, 1.165) is 11.8 Å². The van der Waals surface area contributed by atoms with Crippen molar-refractivity contribution < 1.29 is 9.59 Å². The molecule has 7 nitrogen and oxygen atoms in total. The molecule has 0 spiro atoms. The van der Waals surface area contributed by atoms with E-state index in [-0.39, 0.29) is 40.5 Å². The number of nitrogens with one attached hydrogen (secondary N) is 1. The van der Waals surface area contributed by atoms with Crippen LogP contribution in [0.3, 0.4) is 0 Å². The van der Waals surface area contributed by atoms with Crippen LogP contribution in [0.15, 0.2) is 0 Å². The van der Waals surface area contributed by atoms with Crippen molar-refractivity contribution in [2.75, 3.05) is 11.4 Å². The first-order chi connectivity index (χ1) is 9.56. The third-order valence-electron chi connectivity index (χ3n) is 2.87. The lowest BCUT2D eigenvalue weighted by atomic mass is 10.2. The van der Waals surface area contributed by atoms with Gasteiger partial charge in [0.05, 0.1) is 18.2 Å². The Morgan fingerprint density at radius 1 is 1.60 bits per heavy atom. The molecule has 1 fully saturated rings. The standard InChI is InChI=1S/C12H11N5O2S/c1-7(18)20-8-4-11(19)17(6-8)12-9(5-14)10(2-3-13)15-16-12/h8H,2,4,6H2,1H3,(H,15,16). The van der Waals surface area contributed by atoms with Gasteiger partial charge >= 0.3 is 0 Å². The number of nitriles is 2. The van der Waals surface area contributed by atoms with Crippen molar-refractivity contribution in [3.05, 3.63) is 11.3 Å². The highest BCUT2D eigenvalue weighted by molar-refractivity contribution is 8.14. The number of carbonyl (C=O) groups is 2. The molecule has 102 valence electrons. The summed E-state index contributed by atoms with van der Waals surface area (Å²) in [5.41, 5.74) is 0.619. The highest BCUT2D eigenvalue weighted by atomic mass is 32.2. The van der Waals surface area contributed by atoms with Crippen LogP contribution in [-0.2, 0) is 16.0 Å². The Labute approximate surface area is 119 Å². The maximum atomic E-state index is 12.0. The minimum absolute atomic E-state index is 0.0313. The number of H-pyrrole nitrogens is 1. The lowest BCUT2D eigenvalue weighted by molar-refractivity contribution is -0.117. The summed E-state index contributed by atoms with van der Waals surface area (Å²) in [6.07, 6.45) is 0.277. The van der Waals surface area contributed by atoms with Gasteiger partial charge in [0.2, 0.25) is 5.91 Å². The first kappa shape index (κ1) is 14.1. The fraction of sp³-hybridized carbons (Fsp3) is 0.417. The summed E-state index contributed by atoms with van der Waals surface area (Å²) in [7, 11) is 0. The largest absolute Gasteiger partial charge is 0.293 e. The molecule has 20 heavy (non-hydrogen) atoms. The van der Waals surface area contributed by atoms with Crippen LogP contribution < -0.4 is 4.90 Å². The van der Waals surface area contributed by atoms with Crippen molar-refractivity contribution in [3.8, 4) is 12.1 Å². The zero-order valence-corrected chi connectivity index (χ0v) is 11.5. The molecular formula is C12H11N5O2S. The second kappa shape index (κ2) is 5.76. The Kier molecular flexibility index (Phi) is 4.06. The van der Waals surface area contributed by atoms with Gasteiger partial charge in [-0.25, -0.2) is 0 Å². The molecule has 1 N–H and O–H groups in total. The predicted molar refractivity (Wildman–Crippen MR) is 71.6 cm³/mol. The monoisotopic (exact) mass is 289 g/mol. The average Bonchev–Trinajstić information content (AvgIpc) is 2.92. The molecule has 0 saturated carbocycles. The molecule has 8 heteroatoms. The molecule has 1 aromatic rings. The average molecular weight is 289 g/mol. The summed E-state index contributed by atoms with van der Waals surface area (Å²) in [6.45, 7) is 1.80. The van der Waals surface area contributed by atoms with E-state index >= 15 is 0 Å². The van der Waals surface area contributed by atoms with Gasteiger partial charge in [-0.2, -0.15) is 15.6 Å². The number of thioether (sulfide) groups is 1. The Balaban J connectivity index is 2.25. The summed E-state index contributed by atoms with van der Waals surface area (Å²) in [5.74, 6) is 0.0738. The Hall–Kier alpha value is -2.32. The third kappa shape index (κ3) is 2.65. The van der Waals surface area contributed by atoms with Gasteiger partial charge in [0.1, 0.15) is 11.6 Å². The number of aromatic amines is 1. The molecule has 1 amide bonds. The van der Waals surface area contributed by atoms with Crippen LogP contribution in [0, 0.1) is 22.7 Å². The van der Waals surface area contributed by atoms with Crippen LogP contribution in [0.2, 0.25) is 0 Å². The number of rotatable bonds is 3. The predicted octanol–water partition coefficient (Wildman–Crippen LogP) is 0.732. The second-order valence-electron chi connectivity index (χ2n) is 4.29. The summed E-state index contributed by atoms with van der Waals surface area (Å²) in [4.78, 5) is 24.5. The van der Waals surface area contributed by atoms with Crippen molar-refractivity contribution >= 4 is 28.6 Å². The highest BCUT2D eigenvalue weighted by Gasteiger charge is 2.35. The van der Waals surface area contributed by atoms with Gasteiger partial charge in [0.25, 0.3) is 0 Å². The fourth-order valence-corrected chi connectivity index (χ4v) is 3.00. The van der Waals surface area contributed by atoms with E-state index in [1.54, 1.807) is 0 Å². The fourth-order valence-electron chi connectivity index (χ4n) is 2.08. The Bertz CT molecular complexity index is 639. The number of carbonyl (C=O) groups excluding carboxylic acids is 2. The van der Waals surface area contributed by atoms with Crippen molar-refractivity contribution in [1.29, 1.82) is 10.5 Å². The second-order valence-corrected chi connectivity index (χ2v) is 5.76. The molecule has 1 aromatic heterocycles. The maximum absolute atomic E-state index is 12.0.